The van der Waals surface area contributed by atoms with Gasteiger partial charge >= 0.3 is 0 Å². The highest BCUT2D eigenvalue weighted by Crippen LogP contribution is 2.39. The second kappa shape index (κ2) is 5.46. The number of nitrogens with zero attached hydrogens (tertiary/aromatic N) is 2. The van der Waals surface area contributed by atoms with E-state index in [1.807, 2.05) is 0 Å². The lowest BCUT2D eigenvalue weighted by Gasteiger charge is -2.30. The van der Waals surface area contributed by atoms with E-state index in [1.54, 1.807) is 17.5 Å². The number of hydrogen-bond donors (Lipinski definition) is 2. The second-order valence-electron chi connectivity index (χ2n) is 5.77. The molecule has 2 aliphatic rings. The Kier molecular flexibility index (Phi) is 3.83. The van der Waals surface area contributed by atoms with Crippen molar-refractivity contribution in [1.29, 1.82) is 0 Å². The molecule has 1 aromatic heterocycles. The molecule has 6 nitrogen and oxygen atoms in total. The fourth-order valence-corrected chi connectivity index (χ4v) is 5.46. The lowest BCUT2D eigenvalue weighted by Crippen LogP contribution is -2.39. The lowest BCUT2D eigenvalue weighted by molar-refractivity contribution is 0.260. The van der Waals surface area contributed by atoms with Gasteiger partial charge in [-0.1, -0.05) is 12.8 Å². The molecule has 2 fully saturated rings. The Labute approximate surface area is 120 Å². The van der Waals surface area contributed by atoms with Crippen LogP contribution in [0, 0.1) is 5.92 Å². The summed E-state index contributed by atoms with van der Waals surface area (Å²) >= 11 is 0. The maximum absolute atomic E-state index is 12.9. The van der Waals surface area contributed by atoms with Crippen molar-refractivity contribution in [1.82, 2.24) is 19.8 Å². The van der Waals surface area contributed by atoms with Crippen molar-refractivity contribution in [2.45, 2.75) is 49.7 Å². The third-order valence-corrected chi connectivity index (χ3v) is 6.51. The van der Waals surface area contributed by atoms with Crippen molar-refractivity contribution < 1.29 is 8.42 Å². The van der Waals surface area contributed by atoms with Crippen LogP contribution >= 0.6 is 0 Å². The van der Waals surface area contributed by atoms with Gasteiger partial charge in [0.2, 0.25) is 0 Å². The molecule has 0 radical (unpaired) electrons. The molecule has 1 aliphatic carbocycles. The largest absolute Gasteiger partial charge is 0.316 e. The Balaban J connectivity index is 1.90. The topological polar surface area (TPSA) is 78.1 Å². The zero-order valence-corrected chi connectivity index (χ0v) is 12.6. The minimum Gasteiger partial charge on any atom is -0.316 e. The average molecular weight is 298 g/mol. The average Bonchev–Trinajstić information content (AvgIpc) is 3.05. The molecule has 1 saturated heterocycles. The highest BCUT2D eigenvalue weighted by molar-refractivity contribution is 7.89. The SMILES string of the molecule is CNCc1cn[nH]c1S(=O)(=O)N1CCC2CCCCC21. The van der Waals surface area contributed by atoms with Crippen LogP contribution in [0.3, 0.4) is 0 Å². The van der Waals surface area contributed by atoms with Crippen molar-refractivity contribution in [2.75, 3.05) is 13.6 Å². The quantitative estimate of drug-likeness (QED) is 0.872. The van der Waals surface area contributed by atoms with Crippen molar-refractivity contribution in [3.05, 3.63) is 11.8 Å². The highest BCUT2D eigenvalue weighted by Gasteiger charge is 2.43. The van der Waals surface area contributed by atoms with Gasteiger partial charge in [0, 0.05) is 24.7 Å². The summed E-state index contributed by atoms with van der Waals surface area (Å²) in [6, 6.07) is 0.194. The summed E-state index contributed by atoms with van der Waals surface area (Å²) < 4.78 is 27.5. The Hall–Kier alpha value is -0.920. The summed E-state index contributed by atoms with van der Waals surface area (Å²) in [5, 5.41) is 9.84. The standard InChI is InChI=1S/C13H22N4O2S/c1-14-8-11-9-15-16-13(11)20(18,19)17-7-6-10-4-2-3-5-12(10)17/h9-10,12,14H,2-8H2,1H3,(H,15,16). The summed E-state index contributed by atoms with van der Waals surface area (Å²) in [6.07, 6.45) is 7.14. The fourth-order valence-electron chi connectivity index (χ4n) is 3.62. The zero-order chi connectivity index (χ0) is 14.2. The first-order valence-corrected chi connectivity index (χ1v) is 8.77. The van der Waals surface area contributed by atoms with Crippen molar-refractivity contribution in [3.8, 4) is 0 Å². The molecule has 112 valence electrons. The number of aromatic amines is 1. The Morgan fingerprint density at radius 2 is 2.20 bits per heavy atom. The van der Waals surface area contributed by atoms with Gasteiger partial charge in [0.05, 0.1) is 6.20 Å². The Morgan fingerprint density at radius 3 is 3.00 bits per heavy atom. The summed E-state index contributed by atoms with van der Waals surface area (Å²) in [7, 11) is -1.64. The molecule has 20 heavy (non-hydrogen) atoms. The molecular weight excluding hydrogens is 276 g/mol. The van der Waals surface area contributed by atoms with Crippen molar-refractivity contribution in [3.63, 3.8) is 0 Å². The molecule has 2 unspecified atom stereocenters. The van der Waals surface area contributed by atoms with E-state index in [0.717, 1.165) is 19.3 Å². The van der Waals surface area contributed by atoms with Gasteiger partial charge in [-0.2, -0.15) is 9.40 Å². The normalized spacial score (nSPS) is 27.6. The molecule has 0 spiro atoms. The van der Waals surface area contributed by atoms with Gasteiger partial charge in [-0.3, -0.25) is 5.10 Å². The molecule has 2 N–H and O–H groups in total. The first kappa shape index (κ1) is 14.0. The van der Waals surface area contributed by atoms with Crippen LogP contribution in [-0.4, -0.2) is 42.6 Å². The predicted octanol–water partition coefficient (Wildman–Crippen LogP) is 1.08. The molecule has 1 aromatic rings. The van der Waals surface area contributed by atoms with Crippen molar-refractivity contribution in [2.24, 2.45) is 5.92 Å². The minimum atomic E-state index is -3.44. The van der Waals surface area contributed by atoms with Crippen LogP contribution in [0.5, 0.6) is 0 Å². The van der Waals surface area contributed by atoms with Crippen LogP contribution in [0.15, 0.2) is 11.2 Å². The summed E-state index contributed by atoms with van der Waals surface area (Å²) in [5.74, 6) is 0.550. The van der Waals surface area contributed by atoms with Crippen LogP contribution in [0.4, 0.5) is 0 Å². The first-order chi connectivity index (χ1) is 9.64. The molecule has 0 aromatic carbocycles. The molecule has 1 aliphatic heterocycles. The van der Waals surface area contributed by atoms with Gasteiger partial charge in [0.1, 0.15) is 0 Å². The Morgan fingerprint density at radius 1 is 1.40 bits per heavy atom. The molecule has 7 heteroatoms. The van der Waals surface area contributed by atoms with Crippen LogP contribution in [0.25, 0.3) is 0 Å². The third-order valence-electron chi connectivity index (χ3n) is 4.57. The number of rotatable bonds is 4. The molecular formula is C13H22N4O2S. The van der Waals surface area contributed by atoms with Gasteiger partial charge in [-0.25, -0.2) is 8.42 Å². The second-order valence-corrected chi connectivity index (χ2v) is 7.60. The van der Waals surface area contributed by atoms with Crippen LogP contribution in [0.2, 0.25) is 0 Å². The van der Waals surface area contributed by atoms with E-state index in [4.69, 9.17) is 0 Å². The summed E-state index contributed by atoms with van der Waals surface area (Å²) in [4.78, 5) is 0. The maximum atomic E-state index is 12.9. The molecule has 0 bridgehead atoms. The molecule has 0 amide bonds. The van der Waals surface area contributed by atoms with E-state index in [1.165, 1.54) is 12.8 Å². The lowest BCUT2D eigenvalue weighted by atomic mass is 9.86. The van der Waals surface area contributed by atoms with Crippen LogP contribution in [-0.2, 0) is 16.6 Å². The van der Waals surface area contributed by atoms with Crippen LogP contribution in [0.1, 0.15) is 37.7 Å². The van der Waals surface area contributed by atoms with E-state index in [2.05, 4.69) is 15.5 Å². The summed E-state index contributed by atoms with van der Waals surface area (Å²) in [5.41, 5.74) is 0.715. The van der Waals surface area contributed by atoms with Gasteiger partial charge in [0.15, 0.2) is 5.03 Å². The zero-order valence-electron chi connectivity index (χ0n) is 11.8. The molecule has 1 saturated carbocycles. The van der Waals surface area contributed by atoms with E-state index in [0.29, 0.717) is 24.6 Å². The third kappa shape index (κ3) is 2.27. The fraction of sp³-hybridized carbons (Fsp3) is 0.769. The van der Waals surface area contributed by atoms with E-state index >= 15 is 0 Å². The number of hydrogen-bond acceptors (Lipinski definition) is 4. The van der Waals surface area contributed by atoms with Gasteiger partial charge < -0.3 is 5.32 Å². The van der Waals surface area contributed by atoms with E-state index in [9.17, 15) is 8.42 Å². The number of sulfonamides is 1. The van der Waals surface area contributed by atoms with Gasteiger partial charge in [-0.05, 0) is 32.2 Å². The maximum Gasteiger partial charge on any atom is 0.260 e. The smallest absolute Gasteiger partial charge is 0.260 e. The minimum absolute atomic E-state index is 0.194. The van der Waals surface area contributed by atoms with Gasteiger partial charge in [-0.15, -0.1) is 0 Å². The van der Waals surface area contributed by atoms with Crippen LogP contribution < -0.4 is 5.32 Å². The predicted molar refractivity (Wildman–Crippen MR) is 75.6 cm³/mol. The number of fused-ring (bicyclic) bond motifs is 1. The van der Waals surface area contributed by atoms with E-state index < -0.39 is 10.0 Å². The molecule has 2 heterocycles. The number of aromatic nitrogens is 2. The monoisotopic (exact) mass is 298 g/mol. The number of nitrogens with one attached hydrogen (secondary N) is 2. The summed E-state index contributed by atoms with van der Waals surface area (Å²) in [6.45, 7) is 1.16. The molecule has 3 rings (SSSR count). The Bertz CT molecular complexity index is 569. The van der Waals surface area contributed by atoms with E-state index in [-0.39, 0.29) is 11.1 Å². The first-order valence-electron chi connectivity index (χ1n) is 7.33. The number of H-pyrrole nitrogens is 1. The highest BCUT2D eigenvalue weighted by atomic mass is 32.2. The molecule has 2 atom stereocenters. The van der Waals surface area contributed by atoms with Crippen molar-refractivity contribution >= 4 is 10.0 Å². The van der Waals surface area contributed by atoms with Gasteiger partial charge in [0.25, 0.3) is 10.0 Å².